The fraction of sp³-hybridized carbons (Fsp3) is 0.320. The molecule has 0 spiro atoms. The molecule has 1 aliphatic rings. The van der Waals surface area contributed by atoms with E-state index in [0.29, 0.717) is 29.3 Å². The summed E-state index contributed by atoms with van der Waals surface area (Å²) in [6.07, 6.45) is 5.58. The molecule has 1 amide bonds. The highest BCUT2D eigenvalue weighted by molar-refractivity contribution is 7.92. The van der Waals surface area contributed by atoms with Crippen molar-refractivity contribution in [2.24, 2.45) is 0 Å². The average Bonchev–Trinajstić information content (AvgIpc) is 3.19. The summed E-state index contributed by atoms with van der Waals surface area (Å²) in [5.41, 5.74) is 1.32. The standard InChI is InChI=1S/C25H27NO4S2/c1-2-3-17-30-19-15-13-18(14-16-19)24(27)26-25-23(21-11-7-8-12-22(21)31-25)32(28,29)20-9-5-4-6-10-20/h4-6,9-10,13-16H,2-3,7-8,11-12,17H2,1H3,(H,26,27). The number of anilines is 1. The van der Waals surface area contributed by atoms with E-state index in [4.69, 9.17) is 4.74 Å². The highest BCUT2D eigenvalue weighted by Gasteiger charge is 2.31. The van der Waals surface area contributed by atoms with Gasteiger partial charge in [-0.15, -0.1) is 11.3 Å². The quantitative estimate of drug-likeness (QED) is 0.418. The number of ether oxygens (including phenoxy) is 1. The molecule has 4 rings (SSSR count). The molecule has 0 atom stereocenters. The van der Waals surface area contributed by atoms with Gasteiger partial charge in [0.1, 0.15) is 15.6 Å². The van der Waals surface area contributed by atoms with Gasteiger partial charge in [-0.3, -0.25) is 4.79 Å². The number of hydrogen-bond acceptors (Lipinski definition) is 5. The molecule has 0 bridgehead atoms. The van der Waals surface area contributed by atoms with Crippen LogP contribution in [0.15, 0.2) is 64.4 Å². The number of unbranched alkanes of at least 4 members (excludes halogenated alkanes) is 1. The maximum atomic E-state index is 13.5. The van der Waals surface area contributed by atoms with Crippen LogP contribution in [0.25, 0.3) is 0 Å². The summed E-state index contributed by atoms with van der Waals surface area (Å²) in [5.74, 6) is 0.391. The van der Waals surface area contributed by atoms with Crippen molar-refractivity contribution in [2.75, 3.05) is 11.9 Å². The Kier molecular flexibility index (Phi) is 6.96. The van der Waals surface area contributed by atoms with Gasteiger partial charge >= 0.3 is 0 Å². The molecule has 168 valence electrons. The van der Waals surface area contributed by atoms with Crippen LogP contribution in [-0.4, -0.2) is 20.9 Å². The predicted octanol–water partition coefficient (Wildman–Crippen LogP) is 5.89. The van der Waals surface area contributed by atoms with Crippen molar-refractivity contribution < 1.29 is 17.9 Å². The zero-order valence-corrected chi connectivity index (χ0v) is 19.7. The summed E-state index contributed by atoms with van der Waals surface area (Å²) in [5, 5.41) is 3.30. The van der Waals surface area contributed by atoms with Gasteiger partial charge in [0.05, 0.1) is 11.5 Å². The van der Waals surface area contributed by atoms with Crippen molar-refractivity contribution in [1.82, 2.24) is 0 Å². The molecule has 0 unspecified atom stereocenters. The molecule has 0 radical (unpaired) electrons. The number of amides is 1. The van der Waals surface area contributed by atoms with Gasteiger partial charge in [-0.05, 0) is 74.1 Å². The molecule has 3 aromatic rings. The predicted molar refractivity (Wildman–Crippen MR) is 128 cm³/mol. The minimum atomic E-state index is -3.74. The van der Waals surface area contributed by atoms with Crippen LogP contribution < -0.4 is 10.1 Å². The number of nitrogens with one attached hydrogen (secondary N) is 1. The zero-order chi connectivity index (χ0) is 22.6. The number of fused-ring (bicyclic) bond motifs is 1. The molecule has 0 aliphatic heterocycles. The van der Waals surface area contributed by atoms with Gasteiger partial charge in [0, 0.05) is 10.4 Å². The topological polar surface area (TPSA) is 72.5 Å². The van der Waals surface area contributed by atoms with Crippen LogP contribution in [0.4, 0.5) is 5.00 Å². The van der Waals surface area contributed by atoms with E-state index in [1.54, 1.807) is 54.6 Å². The third-order valence-electron chi connectivity index (χ3n) is 5.56. The molecule has 1 heterocycles. The van der Waals surface area contributed by atoms with Crippen molar-refractivity contribution in [3.05, 3.63) is 70.6 Å². The van der Waals surface area contributed by atoms with Crippen LogP contribution in [0.1, 0.15) is 53.4 Å². The third kappa shape index (κ3) is 4.74. The first-order valence-electron chi connectivity index (χ1n) is 11.0. The van der Waals surface area contributed by atoms with Crippen molar-refractivity contribution >= 4 is 32.1 Å². The largest absolute Gasteiger partial charge is 0.494 e. The van der Waals surface area contributed by atoms with Crippen LogP contribution in [0, 0.1) is 0 Å². The molecule has 0 saturated heterocycles. The Hall–Kier alpha value is -2.64. The summed E-state index contributed by atoms with van der Waals surface area (Å²) in [6.45, 7) is 2.75. The number of aryl methyl sites for hydroxylation is 1. The molecule has 32 heavy (non-hydrogen) atoms. The maximum absolute atomic E-state index is 13.5. The lowest BCUT2D eigenvalue weighted by Gasteiger charge is -2.14. The second kappa shape index (κ2) is 9.88. The minimum absolute atomic E-state index is 0.246. The van der Waals surface area contributed by atoms with Gasteiger partial charge in [-0.1, -0.05) is 31.5 Å². The molecule has 1 aromatic heterocycles. The first-order chi connectivity index (χ1) is 15.5. The van der Waals surface area contributed by atoms with Crippen LogP contribution in [0.5, 0.6) is 5.75 Å². The number of sulfone groups is 1. The van der Waals surface area contributed by atoms with Crippen LogP contribution in [0.2, 0.25) is 0 Å². The highest BCUT2D eigenvalue weighted by Crippen LogP contribution is 2.43. The SMILES string of the molecule is CCCCOc1ccc(C(=O)Nc2sc3c(c2S(=O)(=O)c2ccccc2)CCCC3)cc1. The Morgan fingerprint density at radius 1 is 1.03 bits per heavy atom. The molecule has 1 N–H and O–H groups in total. The second-order valence-corrected chi connectivity index (χ2v) is 10.9. The van der Waals surface area contributed by atoms with Crippen molar-refractivity contribution in [2.45, 2.75) is 55.2 Å². The molecule has 0 fully saturated rings. The Bertz CT molecular complexity index is 1180. The number of benzene rings is 2. The summed E-state index contributed by atoms with van der Waals surface area (Å²) in [4.78, 5) is 14.5. The van der Waals surface area contributed by atoms with E-state index >= 15 is 0 Å². The summed E-state index contributed by atoms with van der Waals surface area (Å²) in [7, 11) is -3.74. The van der Waals surface area contributed by atoms with Crippen molar-refractivity contribution in [3.63, 3.8) is 0 Å². The number of carbonyl (C=O) groups is 1. The van der Waals surface area contributed by atoms with E-state index in [9.17, 15) is 13.2 Å². The summed E-state index contributed by atoms with van der Waals surface area (Å²) in [6, 6.07) is 15.4. The van der Waals surface area contributed by atoms with E-state index in [1.165, 1.54) is 11.3 Å². The third-order valence-corrected chi connectivity index (χ3v) is 8.77. The maximum Gasteiger partial charge on any atom is 0.256 e. The van der Waals surface area contributed by atoms with E-state index in [0.717, 1.165) is 42.5 Å². The van der Waals surface area contributed by atoms with Crippen molar-refractivity contribution in [3.8, 4) is 5.75 Å². The van der Waals surface area contributed by atoms with Gasteiger partial charge in [-0.25, -0.2) is 8.42 Å². The molecule has 0 saturated carbocycles. The lowest BCUT2D eigenvalue weighted by molar-refractivity contribution is 0.102. The smallest absolute Gasteiger partial charge is 0.256 e. The van der Waals surface area contributed by atoms with E-state index in [-0.39, 0.29) is 15.7 Å². The molecular formula is C25H27NO4S2. The Morgan fingerprint density at radius 3 is 2.47 bits per heavy atom. The van der Waals surface area contributed by atoms with Gasteiger partial charge in [-0.2, -0.15) is 0 Å². The number of thiophene rings is 1. The van der Waals surface area contributed by atoms with Crippen molar-refractivity contribution in [1.29, 1.82) is 0 Å². The number of carbonyl (C=O) groups excluding carboxylic acids is 1. The molecular weight excluding hydrogens is 442 g/mol. The summed E-state index contributed by atoms with van der Waals surface area (Å²) < 4.78 is 32.7. The number of rotatable bonds is 8. The van der Waals surface area contributed by atoms with E-state index in [1.807, 2.05) is 0 Å². The second-order valence-electron chi connectivity index (χ2n) is 7.87. The fourth-order valence-electron chi connectivity index (χ4n) is 3.83. The van der Waals surface area contributed by atoms with Gasteiger partial charge in [0.25, 0.3) is 5.91 Å². The Labute approximate surface area is 193 Å². The average molecular weight is 470 g/mol. The summed E-state index contributed by atoms with van der Waals surface area (Å²) >= 11 is 1.39. The van der Waals surface area contributed by atoms with Gasteiger partial charge in [0.15, 0.2) is 0 Å². The minimum Gasteiger partial charge on any atom is -0.494 e. The van der Waals surface area contributed by atoms with E-state index < -0.39 is 9.84 Å². The molecule has 2 aromatic carbocycles. The van der Waals surface area contributed by atoms with E-state index in [2.05, 4.69) is 12.2 Å². The van der Waals surface area contributed by atoms with Crippen LogP contribution in [0.3, 0.4) is 0 Å². The highest BCUT2D eigenvalue weighted by atomic mass is 32.2. The first kappa shape index (κ1) is 22.6. The lowest BCUT2D eigenvalue weighted by atomic mass is 9.99. The normalized spacial score (nSPS) is 13.4. The number of hydrogen-bond donors (Lipinski definition) is 1. The molecule has 7 heteroatoms. The molecule has 1 aliphatic carbocycles. The van der Waals surface area contributed by atoms with Crippen LogP contribution >= 0.6 is 11.3 Å². The Morgan fingerprint density at radius 2 is 1.75 bits per heavy atom. The fourth-order valence-corrected chi connectivity index (χ4v) is 7.13. The van der Waals surface area contributed by atoms with Gasteiger partial charge < -0.3 is 10.1 Å². The monoisotopic (exact) mass is 469 g/mol. The lowest BCUT2D eigenvalue weighted by Crippen LogP contribution is -2.14. The Balaban J connectivity index is 1.63. The zero-order valence-electron chi connectivity index (χ0n) is 18.1. The molecule has 5 nitrogen and oxygen atoms in total. The first-order valence-corrected chi connectivity index (χ1v) is 13.3. The van der Waals surface area contributed by atoms with Crippen LogP contribution in [-0.2, 0) is 22.7 Å². The van der Waals surface area contributed by atoms with Gasteiger partial charge in [0.2, 0.25) is 9.84 Å².